The molecule has 1 aromatic rings. The molecule has 0 aromatic carbocycles. The van der Waals surface area contributed by atoms with Crippen LogP contribution in [0.15, 0.2) is 29.5 Å². The van der Waals surface area contributed by atoms with Gasteiger partial charge in [-0.05, 0) is 30.9 Å². The molecule has 14 heteroatoms. The molecule has 30 heavy (non-hydrogen) atoms. The summed E-state index contributed by atoms with van der Waals surface area (Å²) in [6.45, 7) is -0.0257. The standard InChI is InChI=1S/C16H23F3N6O3S.HI/c1-20-15(23-11-14(26)24-13-3-2-6-21-10-13)22-9-12-4-7-25(8-5-12)29(27,28)16(17,18)19;/h2-3,6,10,12H,4-5,7-9,11H2,1H3,(H,24,26)(H2,20,22,23);1H. The minimum absolute atomic E-state index is 0. The van der Waals surface area contributed by atoms with E-state index >= 15 is 0 Å². The van der Waals surface area contributed by atoms with E-state index in [1.807, 2.05) is 0 Å². The molecule has 170 valence electrons. The van der Waals surface area contributed by atoms with Crippen LogP contribution in [0.1, 0.15) is 12.8 Å². The van der Waals surface area contributed by atoms with Crippen LogP contribution in [-0.4, -0.2) is 68.3 Å². The Kier molecular flexibility index (Phi) is 10.2. The van der Waals surface area contributed by atoms with Crippen molar-refractivity contribution in [2.45, 2.75) is 18.3 Å². The number of hydrogen-bond donors (Lipinski definition) is 3. The van der Waals surface area contributed by atoms with E-state index in [1.54, 1.807) is 18.3 Å². The van der Waals surface area contributed by atoms with E-state index in [0.717, 1.165) is 0 Å². The molecule has 0 bridgehead atoms. The van der Waals surface area contributed by atoms with Crippen molar-refractivity contribution in [1.82, 2.24) is 19.9 Å². The number of halogens is 4. The lowest BCUT2D eigenvalue weighted by molar-refractivity contribution is -0.115. The summed E-state index contributed by atoms with van der Waals surface area (Å²) in [5.41, 5.74) is -4.72. The summed E-state index contributed by atoms with van der Waals surface area (Å²) in [6.07, 6.45) is 3.68. The molecule has 1 amide bonds. The number of aromatic nitrogens is 1. The zero-order chi connectivity index (χ0) is 21.5. The Morgan fingerprint density at radius 3 is 2.50 bits per heavy atom. The van der Waals surface area contributed by atoms with Crippen LogP contribution in [0.25, 0.3) is 0 Å². The van der Waals surface area contributed by atoms with Crippen molar-refractivity contribution in [1.29, 1.82) is 0 Å². The van der Waals surface area contributed by atoms with Crippen LogP contribution in [0.3, 0.4) is 0 Å². The van der Waals surface area contributed by atoms with Gasteiger partial charge in [-0.2, -0.15) is 17.5 Å². The highest BCUT2D eigenvalue weighted by molar-refractivity contribution is 14.0. The third-order valence-electron chi connectivity index (χ3n) is 4.35. The van der Waals surface area contributed by atoms with Crippen molar-refractivity contribution in [3.8, 4) is 0 Å². The molecule has 1 fully saturated rings. The first-order valence-corrected chi connectivity index (χ1v) is 10.3. The molecule has 3 N–H and O–H groups in total. The van der Waals surface area contributed by atoms with Gasteiger partial charge in [0.15, 0.2) is 5.96 Å². The highest BCUT2D eigenvalue weighted by Crippen LogP contribution is 2.30. The summed E-state index contributed by atoms with van der Waals surface area (Å²) >= 11 is 0. The lowest BCUT2D eigenvalue weighted by Crippen LogP contribution is -2.47. The molecule has 1 aliphatic heterocycles. The highest BCUT2D eigenvalue weighted by Gasteiger charge is 2.50. The Hall–Kier alpha value is -1.68. The summed E-state index contributed by atoms with van der Waals surface area (Å²) in [7, 11) is -3.75. The van der Waals surface area contributed by atoms with Gasteiger partial charge in [-0.25, -0.2) is 8.42 Å². The zero-order valence-corrected chi connectivity index (χ0v) is 19.3. The lowest BCUT2D eigenvalue weighted by atomic mass is 9.98. The molecule has 9 nitrogen and oxygen atoms in total. The molecule has 0 unspecified atom stereocenters. The number of carbonyl (C=O) groups is 1. The normalized spacial score (nSPS) is 16.5. The van der Waals surface area contributed by atoms with E-state index in [2.05, 4.69) is 25.9 Å². The van der Waals surface area contributed by atoms with Crippen LogP contribution < -0.4 is 16.0 Å². The number of hydrogen-bond acceptors (Lipinski definition) is 5. The van der Waals surface area contributed by atoms with Gasteiger partial charge < -0.3 is 16.0 Å². The summed E-state index contributed by atoms with van der Waals surface area (Å²) < 4.78 is 61.1. The van der Waals surface area contributed by atoms with E-state index < -0.39 is 15.5 Å². The number of guanidine groups is 1. The lowest BCUT2D eigenvalue weighted by Gasteiger charge is -2.31. The molecule has 0 aliphatic carbocycles. The van der Waals surface area contributed by atoms with Crippen molar-refractivity contribution >= 4 is 51.6 Å². The predicted octanol–water partition coefficient (Wildman–Crippen LogP) is 1.36. The Balaban J connectivity index is 0.00000450. The second kappa shape index (κ2) is 11.6. The quantitative estimate of drug-likeness (QED) is 0.273. The third kappa shape index (κ3) is 7.54. The number of nitrogens with one attached hydrogen (secondary N) is 3. The second-order valence-corrected chi connectivity index (χ2v) is 8.32. The van der Waals surface area contributed by atoms with Gasteiger partial charge in [0.1, 0.15) is 0 Å². The number of carbonyl (C=O) groups excluding carboxylic acids is 1. The number of anilines is 1. The maximum atomic E-state index is 12.6. The Morgan fingerprint density at radius 1 is 1.30 bits per heavy atom. The molecule has 0 atom stereocenters. The van der Waals surface area contributed by atoms with E-state index in [4.69, 9.17) is 0 Å². The summed E-state index contributed by atoms with van der Waals surface area (Å²) in [5, 5.41) is 8.49. The number of amides is 1. The number of piperidine rings is 1. The Labute approximate surface area is 190 Å². The van der Waals surface area contributed by atoms with Gasteiger partial charge in [0.25, 0.3) is 0 Å². The molecule has 0 radical (unpaired) electrons. The van der Waals surface area contributed by atoms with Crippen molar-refractivity contribution < 1.29 is 26.4 Å². The Bertz CT molecular complexity index is 815. The fourth-order valence-corrected chi connectivity index (χ4v) is 3.75. The molecule has 2 heterocycles. The monoisotopic (exact) mass is 564 g/mol. The van der Waals surface area contributed by atoms with Crippen molar-refractivity contribution in [2.75, 3.05) is 38.5 Å². The van der Waals surface area contributed by atoms with Crippen LogP contribution in [-0.2, 0) is 14.8 Å². The number of sulfonamides is 1. The van der Waals surface area contributed by atoms with Crippen LogP contribution >= 0.6 is 24.0 Å². The van der Waals surface area contributed by atoms with E-state index in [9.17, 15) is 26.4 Å². The fourth-order valence-electron chi connectivity index (χ4n) is 2.77. The zero-order valence-electron chi connectivity index (χ0n) is 16.1. The molecule has 1 aliphatic rings. The van der Waals surface area contributed by atoms with Crippen LogP contribution in [0.4, 0.5) is 18.9 Å². The first-order chi connectivity index (χ1) is 13.6. The molecule has 2 rings (SSSR count). The average Bonchev–Trinajstić information content (AvgIpc) is 2.68. The number of nitrogens with zero attached hydrogens (tertiary/aromatic N) is 3. The Morgan fingerprint density at radius 2 is 1.97 bits per heavy atom. The number of alkyl halides is 3. The maximum Gasteiger partial charge on any atom is 0.511 e. The SMILES string of the molecule is CN=C(NCC(=O)Nc1cccnc1)NCC1CCN(S(=O)(=O)C(F)(F)F)CC1.I. The van der Waals surface area contributed by atoms with Crippen LogP contribution in [0.5, 0.6) is 0 Å². The smallest absolute Gasteiger partial charge is 0.356 e. The first kappa shape index (κ1) is 26.4. The second-order valence-electron chi connectivity index (χ2n) is 6.39. The van der Waals surface area contributed by atoms with Crippen LogP contribution in [0.2, 0.25) is 0 Å². The van der Waals surface area contributed by atoms with E-state index in [0.29, 0.717) is 35.3 Å². The number of pyridine rings is 1. The van der Waals surface area contributed by atoms with Gasteiger partial charge in [-0.15, -0.1) is 24.0 Å². The highest BCUT2D eigenvalue weighted by atomic mass is 127. The van der Waals surface area contributed by atoms with Crippen molar-refractivity contribution in [3.05, 3.63) is 24.5 Å². The maximum absolute atomic E-state index is 12.6. The molecular weight excluding hydrogens is 540 g/mol. The van der Waals surface area contributed by atoms with Crippen molar-refractivity contribution in [2.24, 2.45) is 10.9 Å². The van der Waals surface area contributed by atoms with Gasteiger partial charge in [-0.1, -0.05) is 0 Å². The minimum atomic E-state index is -5.28. The van der Waals surface area contributed by atoms with Gasteiger partial charge >= 0.3 is 15.5 Å². The molecular formula is C16H24F3IN6O3S. The van der Waals surface area contributed by atoms with Crippen LogP contribution in [0, 0.1) is 5.92 Å². The number of aliphatic imine (C=N–C) groups is 1. The minimum Gasteiger partial charge on any atom is -0.356 e. The first-order valence-electron chi connectivity index (χ1n) is 8.84. The van der Waals surface area contributed by atoms with E-state index in [1.165, 1.54) is 13.2 Å². The molecule has 1 aromatic heterocycles. The third-order valence-corrected chi connectivity index (χ3v) is 5.98. The van der Waals surface area contributed by atoms with Gasteiger partial charge in [0.2, 0.25) is 5.91 Å². The van der Waals surface area contributed by atoms with E-state index in [-0.39, 0.29) is 55.4 Å². The summed E-state index contributed by atoms with van der Waals surface area (Å²) in [4.78, 5) is 19.8. The fraction of sp³-hybridized carbons (Fsp3) is 0.562. The number of rotatable bonds is 6. The average molecular weight is 564 g/mol. The van der Waals surface area contributed by atoms with Gasteiger partial charge in [-0.3, -0.25) is 14.8 Å². The topological polar surface area (TPSA) is 116 Å². The molecule has 0 spiro atoms. The van der Waals surface area contributed by atoms with Gasteiger partial charge in [0, 0.05) is 32.9 Å². The summed E-state index contributed by atoms with van der Waals surface area (Å²) in [6, 6.07) is 3.39. The molecule has 0 saturated carbocycles. The summed E-state index contributed by atoms with van der Waals surface area (Å²) in [5.74, 6) is 0.0424. The molecule has 1 saturated heterocycles. The van der Waals surface area contributed by atoms with Crippen molar-refractivity contribution in [3.63, 3.8) is 0 Å². The van der Waals surface area contributed by atoms with Gasteiger partial charge in [0.05, 0.1) is 18.4 Å². The largest absolute Gasteiger partial charge is 0.511 e. The predicted molar refractivity (Wildman–Crippen MR) is 117 cm³/mol.